The molecule has 7 nitrogen and oxygen atoms in total. The second kappa shape index (κ2) is 7.14. The Labute approximate surface area is 162 Å². The zero-order valence-electron chi connectivity index (χ0n) is 15.7. The van der Waals surface area contributed by atoms with Crippen LogP contribution in [0.4, 0.5) is 4.39 Å². The standard InChI is InChI=1S/C19H21FN4O3S/c1-13-18(12-23(2)22-13)28(25,26)24-9-3-4-17(24)19-21-11-16(27-19)10-14-5-7-15(20)8-6-14/h5-8,11-12,17H,3-4,9-10H2,1-2H3. The number of benzene rings is 1. The average molecular weight is 404 g/mol. The van der Waals surface area contributed by atoms with Crippen LogP contribution in [0, 0.1) is 12.7 Å². The summed E-state index contributed by atoms with van der Waals surface area (Å²) in [6, 6.07) is 5.73. The third kappa shape index (κ3) is 3.47. The number of aromatic nitrogens is 3. The van der Waals surface area contributed by atoms with Crippen LogP contribution in [0.25, 0.3) is 0 Å². The Morgan fingerprint density at radius 2 is 2.04 bits per heavy atom. The van der Waals surface area contributed by atoms with Crippen molar-refractivity contribution in [3.63, 3.8) is 0 Å². The fourth-order valence-electron chi connectivity index (χ4n) is 3.59. The van der Waals surface area contributed by atoms with Crippen LogP contribution >= 0.6 is 0 Å². The van der Waals surface area contributed by atoms with Gasteiger partial charge in [0.25, 0.3) is 0 Å². The van der Waals surface area contributed by atoms with Crippen molar-refractivity contribution in [2.45, 2.75) is 37.1 Å². The normalized spacial score (nSPS) is 18.0. The summed E-state index contributed by atoms with van der Waals surface area (Å²) in [7, 11) is -1.99. The molecule has 0 spiro atoms. The summed E-state index contributed by atoms with van der Waals surface area (Å²) in [5.41, 5.74) is 1.36. The van der Waals surface area contributed by atoms with Crippen LogP contribution in [0.3, 0.4) is 0 Å². The van der Waals surface area contributed by atoms with Crippen molar-refractivity contribution in [1.82, 2.24) is 19.1 Å². The fourth-order valence-corrected chi connectivity index (χ4v) is 5.45. The molecular formula is C19H21FN4O3S. The van der Waals surface area contributed by atoms with E-state index in [0.717, 1.165) is 12.0 Å². The third-order valence-corrected chi connectivity index (χ3v) is 6.92. The van der Waals surface area contributed by atoms with E-state index in [1.165, 1.54) is 27.3 Å². The summed E-state index contributed by atoms with van der Waals surface area (Å²) in [5, 5.41) is 4.15. The second-order valence-electron chi connectivity index (χ2n) is 6.99. The monoisotopic (exact) mass is 404 g/mol. The van der Waals surface area contributed by atoms with Crippen LogP contribution in [0.5, 0.6) is 0 Å². The van der Waals surface area contributed by atoms with Gasteiger partial charge in [-0.15, -0.1) is 0 Å². The van der Waals surface area contributed by atoms with Crippen molar-refractivity contribution < 1.29 is 17.2 Å². The smallest absolute Gasteiger partial charge is 0.247 e. The first-order valence-corrected chi connectivity index (χ1v) is 10.5. The zero-order valence-corrected chi connectivity index (χ0v) is 16.5. The molecule has 1 fully saturated rings. The maximum atomic E-state index is 13.1. The number of aryl methyl sites for hydroxylation is 2. The first kappa shape index (κ1) is 18.8. The van der Waals surface area contributed by atoms with Crippen LogP contribution in [-0.2, 0) is 23.5 Å². The predicted molar refractivity (Wildman–Crippen MR) is 99.5 cm³/mol. The van der Waals surface area contributed by atoms with Crippen LogP contribution in [0.15, 0.2) is 46.0 Å². The summed E-state index contributed by atoms with van der Waals surface area (Å²) in [6.07, 6.45) is 4.98. The summed E-state index contributed by atoms with van der Waals surface area (Å²) in [4.78, 5) is 4.54. The summed E-state index contributed by atoms with van der Waals surface area (Å²) in [6.45, 7) is 2.10. The van der Waals surface area contributed by atoms with Gasteiger partial charge in [0.1, 0.15) is 22.5 Å². The van der Waals surface area contributed by atoms with Gasteiger partial charge in [0.15, 0.2) is 0 Å². The lowest BCUT2D eigenvalue weighted by Crippen LogP contribution is -2.31. The van der Waals surface area contributed by atoms with Crippen LogP contribution in [-0.4, -0.2) is 34.0 Å². The molecule has 1 atom stereocenters. The number of sulfonamides is 1. The van der Waals surface area contributed by atoms with E-state index in [4.69, 9.17) is 4.42 Å². The van der Waals surface area contributed by atoms with E-state index in [9.17, 15) is 12.8 Å². The minimum Gasteiger partial charge on any atom is -0.444 e. The average Bonchev–Trinajstić information content (AvgIpc) is 3.36. The Balaban J connectivity index is 1.58. The molecule has 148 valence electrons. The Morgan fingerprint density at radius 1 is 1.29 bits per heavy atom. The number of rotatable bonds is 5. The van der Waals surface area contributed by atoms with Gasteiger partial charge in [0, 0.05) is 26.2 Å². The van der Waals surface area contributed by atoms with Gasteiger partial charge >= 0.3 is 0 Å². The molecule has 9 heteroatoms. The minimum atomic E-state index is -3.69. The van der Waals surface area contributed by atoms with E-state index in [1.807, 2.05) is 0 Å². The lowest BCUT2D eigenvalue weighted by molar-refractivity contribution is 0.322. The summed E-state index contributed by atoms with van der Waals surface area (Å²) < 4.78 is 48.2. The Bertz CT molecular complexity index is 1090. The molecule has 3 aromatic rings. The number of oxazole rings is 1. The Hall–Kier alpha value is -2.52. The SMILES string of the molecule is Cc1nn(C)cc1S(=O)(=O)N1CCCC1c1ncc(Cc2ccc(F)cc2)o1. The molecule has 0 amide bonds. The van der Waals surface area contributed by atoms with Gasteiger partial charge in [0.05, 0.1) is 11.9 Å². The first-order valence-electron chi connectivity index (χ1n) is 9.06. The second-order valence-corrected chi connectivity index (χ2v) is 8.85. The largest absolute Gasteiger partial charge is 0.444 e. The molecule has 28 heavy (non-hydrogen) atoms. The van der Waals surface area contributed by atoms with E-state index in [0.29, 0.717) is 36.7 Å². The fraction of sp³-hybridized carbons (Fsp3) is 0.368. The molecule has 1 saturated heterocycles. The van der Waals surface area contributed by atoms with Gasteiger partial charge < -0.3 is 4.42 Å². The number of hydrogen-bond acceptors (Lipinski definition) is 5. The predicted octanol–water partition coefficient (Wildman–Crippen LogP) is 2.97. The highest BCUT2D eigenvalue weighted by Gasteiger charge is 2.40. The van der Waals surface area contributed by atoms with Gasteiger partial charge in [-0.25, -0.2) is 17.8 Å². The van der Waals surface area contributed by atoms with Crippen molar-refractivity contribution in [3.8, 4) is 0 Å². The van der Waals surface area contributed by atoms with Gasteiger partial charge in [-0.3, -0.25) is 4.68 Å². The summed E-state index contributed by atoms with van der Waals surface area (Å²) >= 11 is 0. The van der Waals surface area contributed by atoms with Gasteiger partial charge in [-0.2, -0.15) is 9.40 Å². The van der Waals surface area contributed by atoms with Crippen molar-refractivity contribution in [3.05, 3.63) is 65.4 Å². The lowest BCUT2D eigenvalue weighted by atomic mass is 10.1. The van der Waals surface area contributed by atoms with Crippen molar-refractivity contribution >= 4 is 10.0 Å². The number of hydrogen-bond donors (Lipinski definition) is 0. The molecular weight excluding hydrogens is 383 g/mol. The van der Waals surface area contributed by atoms with Crippen LogP contribution < -0.4 is 0 Å². The molecule has 0 bridgehead atoms. The molecule has 1 aromatic carbocycles. The van der Waals surface area contributed by atoms with Crippen LogP contribution in [0.1, 0.15) is 41.8 Å². The lowest BCUT2D eigenvalue weighted by Gasteiger charge is -2.21. The van der Waals surface area contributed by atoms with E-state index < -0.39 is 16.1 Å². The Kier molecular flexibility index (Phi) is 4.80. The highest BCUT2D eigenvalue weighted by atomic mass is 32.2. The molecule has 0 radical (unpaired) electrons. The number of halogens is 1. The maximum Gasteiger partial charge on any atom is 0.247 e. The van der Waals surface area contributed by atoms with E-state index in [-0.39, 0.29) is 10.7 Å². The summed E-state index contributed by atoms with van der Waals surface area (Å²) in [5.74, 6) is 0.711. The van der Waals surface area contributed by atoms with E-state index >= 15 is 0 Å². The highest BCUT2D eigenvalue weighted by molar-refractivity contribution is 7.89. The first-order chi connectivity index (χ1) is 13.3. The number of nitrogens with zero attached hydrogens (tertiary/aromatic N) is 4. The molecule has 4 rings (SSSR count). The molecule has 0 N–H and O–H groups in total. The van der Waals surface area contributed by atoms with Gasteiger partial charge in [-0.1, -0.05) is 12.1 Å². The Morgan fingerprint density at radius 3 is 2.71 bits per heavy atom. The molecule has 0 saturated carbocycles. The third-order valence-electron chi connectivity index (χ3n) is 4.91. The molecule has 1 aliphatic rings. The van der Waals surface area contributed by atoms with Crippen LogP contribution in [0.2, 0.25) is 0 Å². The molecule has 0 aliphatic carbocycles. The quantitative estimate of drug-likeness (QED) is 0.653. The topological polar surface area (TPSA) is 81.2 Å². The van der Waals surface area contributed by atoms with Crippen molar-refractivity contribution in [2.75, 3.05) is 6.54 Å². The molecule has 3 heterocycles. The minimum absolute atomic E-state index is 0.208. The zero-order chi connectivity index (χ0) is 19.9. The van der Waals surface area contributed by atoms with Gasteiger partial charge in [-0.05, 0) is 37.5 Å². The van der Waals surface area contributed by atoms with E-state index in [1.54, 1.807) is 32.3 Å². The molecule has 1 unspecified atom stereocenters. The highest BCUT2D eigenvalue weighted by Crippen LogP contribution is 2.37. The van der Waals surface area contributed by atoms with E-state index in [2.05, 4.69) is 10.1 Å². The van der Waals surface area contributed by atoms with Crippen molar-refractivity contribution in [2.24, 2.45) is 7.05 Å². The van der Waals surface area contributed by atoms with Crippen molar-refractivity contribution in [1.29, 1.82) is 0 Å². The molecule has 1 aliphatic heterocycles. The molecule has 2 aromatic heterocycles. The maximum absolute atomic E-state index is 13.1. The van der Waals surface area contributed by atoms with Gasteiger partial charge in [0.2, 0.25) is 15.9 Å².